The van der Waals surface area contributed by atoms with Crippen LogP contribution in [0.1, 0.15) is 67.6 Å². The molecule has 1 saturated carbocycles. The van der Waals surface area contributed by atoms with Crippen LogP contribution >= 0.6 is 11.6 Å². The van der Waals surface area contributed by atoms with Gasteiger partial charge in [0.2, 0.25) is 0 Å². The number of benzene rings is 1. The van der Waals surface area contributed by atoms with E-state index in [1.165, 1.54) is 12.5 Å². The minimum atomic E-state index is -4.51. The third kappa shape index (κ3) is 5.44. The van der Waals surface area contributed by atoms with Gasteiger partial charge in [-0.2, -0.15) is 13.2 Å². The number of halogens is 4. The Morgan fingerprint density at radius 2 is 1.91 bits per heavy atom. The van der Waals surface area contributed by atoms with Crippen LogP contribution in [0, 0.1) is 6.92 Å². The van der Waals surface area contributed by atoms with Gasteiger partial charge in [0, 0.05) is 22.3 Å². The average Bonchev–Trinajstić information content (AvgIpc) is 3.27. The molecule has 1 unspecified atom stereocenters. The van der Waals surface area contributed by atoms with Crippen molar-refractivity contribution < 1.29 is 27.4 Å². The maximum Gasteiger partial charge on any atom is 0.416 e. The number of rotatable bonds is 5. The number of ether oxygens (including phenoxy) is 2. The summed E-state index contributed by atoms with van der Waals surface area (Å²) in [6, 6.07) is 4.98. The molecule has 1 N–H and O–H groups in total. The highest BCUT2D eigenvalue weighted by Crippen LogP contribution is 2.38. The van der Waals surface area contributed by atoms with Crippen LogP contribution in [0.4, 0.5) is 13.2 Å². The van der Waals surface area contributed by atoms with Crippen LogP contribution in [0.5, 0.6) is 0 Å². The molecule has 1 aliphatic carbocycles. The number of nitrogens with zero attached hydrogens (tertiary/aromatic N) is 1. The number of alkyl halides is 3. The highest BCUT2D eigenvalue weighted by molar-refractivity contribution is 6.33. The standard InChI is InChI=1S/C25H30ClF3N2O3/c1-15-19(23(32)30-17-7-5-4-6-8-17)12-22(31(15)13-18-14-33-24(2,3)34-18)20-11-16(25(27,28)29)9-10-21(20)26/h9-12,17-18H,4-8,13-14H2,1-3H3,(H,30,32). The van der Waals surface area contributed by atoms with Crippen molar-refractivity contribution in [2.45, 2.75) is 83.5 Å². The normalized spacial score (nSPS) is 21.1. The molecule has 1 atom stereocenters. The molecular weight excluding hydrogens is 469 g/mol. The number of carbonyl (C=O) groups excluding carboxylic acids is 1. The number of hydrogen-bond acceptors (Lipinski definition) is 3. The predicted molar refractivity (Wildman–Crippen MR) is 124 cm³/mol. The largest absolute Gasteiger partial charge is 0.416 e. The molecule has 5 nitrogen and oxygen atoms in total. The Bertz CT molecular complexity index is 1060. The summed E-state index contributed by atoms with van der Waals surface area (Å²) in [5.41, 5.74) is 0.926. The molecule has 1 aromatic heterocycles. The summed E-state index contributed by atoms with van der Waals surface area (Å²) in [4.78, 5) is 13.2. The molecule has 1 aromatic carbocycles. The Balaban J connectivity index is 1.73. The zero-order chi connectivity index (χ0) is 24.7. The number of hydrogen-bond donors (Lipinski definition) is 1. The maximum absolute atomic E-state index is 13.5. The first-order chi connectivity index (χ1) is 15.9. The summed E-state index contributed by atoms with van der Waals surface area (Å²) in [5, 5.41) is 3.28. The SMILES string of the molecule is Cc1c(C(=O)NC2CCCCC2)cc(-c2cc(C(F)(F)F)ccc2Cl)n1CC1COC(C)(C)O1. The third-order valence-corrected chi connectivity index (χ3v) is 6.90. The number of nitrogens with one attached hydrogen (secondary N) is 1. The van der Waals surface area contributed by atoms with Crippen LogP contribution in [0.2, 0.25) is 5.02 Å². The molecule has 2 fully saturated rings. The van der Waals surface area contributed by atoms with E-state index in [0.29, 0.717) is 30.1 Å². The molecular formula is C25H30ClF3N2O3. The first-order valence-electron chi connectivity index (χ1n) is 11.6. The van der Waals surface area contributed by atoms with Gasteiger partial charge in [0.1, 0.15) is 6.10 Å². The molecule has 34 heavy (non-hydrogen) atoms. The van der Waals surface area contributed by atoms with Crippen LogP contribution in [0.15, 0.2) is 24.3 Å². The van der Waals surface area contributed by atoms with Crippen molar-refractivity contribution >= 4 is 17.5 Å². The van der Waals surface area contributed by atoms with Crippen LogP contribution in [0.25, 0.3) is 11.3 Å². The fourth-order valence-electron chi connectivity index (χ4n) is 4.80. The summed E-state index contributed by atoms with van der Waals surface area (Å²) in [6.07, 6.45) is 0.341. The lowest BCUT2D eigenvalue weighted by Crippen LogP contribution is -2.36. The van der Waals surface area contributed by atoms with Gasteiger partial charge in [-0.15, -0.1) is 0 Å². The second-order valence-corrected chi connectivity index (χ2v) is 10.00. The Labute approximate surface area is 202 Å². The van der Waals surface area contributed by atoms with Gasteiger partial charge in [-0.05, 0) is 57.9 Å². The molecule has 1 aliphatic heterocycles. The molecule has 2 aromatic rings. The molecule has 0 spiro atoms. The number of carbonyl (C=O) groups is 1. The van der Waals surface area contributed by atoms with E-state index in [0.717, 1.165) is 37.8 Å². The summed E-state index contributed by atoms with van der Waals surface area (Å²) in [7, 11) is 0. The molecule has 0 radical (unpaired) electrons. The Hall–Kier alpha value is -2.03. The van der Waals surface area contributed by atoms with Crippen LogP contribution in [-0.4, -0.2) is 35.0 Å². The minimum absolute atomic E-state index is 0.108. The van der Waals surface area contributed by atoms with Crippen LogP contribution in [-0.2, 0) is 22.2 Å². The van der Waals surface area contributed by atoms with Crippen molar-refractivity contribution in [3.63, 3.8) is 0 Å². The first-order valence-corrected chi connectivity index (χ1v) is 12.0. The van der Waals surface area contributed by atoms with E-state index in [2.05, 4.69) is 5.32 Å². The van der Waals surface area contributed by atoms with E-state index in [-0.39, 0.29) is 28.6 Å². The lowest BCUT2D eigenvalue weighted by molar-refractivity contribution is -0.139. The van der Waals surface area contributed by atoms with Gasteiger partial charge in [-0.25, -0.2) is 0 Å². The Kier molecular flexibility index (Phi) is 7.04. The lowest BCUT2D eigenvalue weighted by atomic mass is 9.95. The summed E-state index contributed by atoms with van der Waals surface area (Å²) >= 11 is 6.37. The molecule has 1 saturated heterocycles. The lowest BCUT2D eigenvalue weighted by Gasteiger charge is -2.23. The van der Waals surface area contributed by atoms with Gasteiger partial charge in [-0.3, -0.25) is 4.79 Å². The zero-order valence-corrected chi connectivity index (χ0v) is 20.4. The highest BCUT2D eigenvalue weighted by Gasteiger charge is 2.35. The van der Waals surface area contributed by atoms with Gasteiger partial charge in [0.15, 0.2) is 5.79 Å². The van der Waals surface area contributed by atoms with E-state index >= 15 is 0 Å². The van der Waals surface area contributed by atoms with E-state index in [4.69, 9.17) is 21.1 Å². The van der Waals surface area contributed by atoms with Crippen molar-refractivity contribution in [1.82, 2.24) is 9.88 Å². The molecule has 1 amide bonds. The fourth-order valence-corrected chi connectivity index (χ4v) is 5.01. The predicted octanol–water partition coefficient (Wildman–Crippen LogP) is 6.35. The van der Waals surface area contributed by atoms with Gasteiger partial charge in [0.25, 0.3) is 5.91 Å². The number of amides is 1. The van der Waals surface area contributed by atoms with Gasteiger partial charge < -0.3 is 19.4 Å². The van der Waals surface area contributed by atoms with E-state index in [1.54, 1.807) is 13.0 Å². The molecule has 9 heteroatoms. The van der Waals surface area contributed by atoms with E-state index in [9.17, 15) is 18.0 Å². The van der Waals surface area contributed by atoms with Crippen molar-refractivity contribution in [2.75, 3.05) is 6.61 Å². The van der Waals surface area contributed by atoms with Crippen molar-refractivity contribution in [3.05, 3.63) is 46.1 Å². The monoisotopic (exact) mass is 498 g/mol. The smallest absolute Gasteiger partial charge is 0.349 e. The van der Waals surface area contributed by atoms with E-state index < -0.39 is 17.5 Å². The molecule has 2 aliphatic rings. The first kappa shape index (κ1) is 25.1. The van der Waals surface area contributed by atoms with Gasteiger partial charge in [0.05, 0.1) is 30.0 Å². The number of aromatic nitrogens is 1. The molecule has 2 heterocycles. The van der Waals surface area contributed by atoms with Gasteiger partial charge >= 0.3 is 6.18 Å². The van der Waals surface area contributed by atoms with Crippen molar-refractivity contribution in [1.29, 1.82) is 0 Å². The van der Waals surface area contributed by atoms with Crippen molar-refractivity contribution in [2.24, 2.45) is 0 Å². The summed E-state index contributed by atoms with van der Waals surface area (Å²) in [6.45, 7) is 6.06. The maximum atomic E-state index is 13.5. The fraction of sp³-hybridized carbons (Fsp3) is 0.560. The summed E-state index contributed by atoms with van der Waals surface area (Å²) in [5.74, 6) is -0.975. The molecule has 4 rings (SSSR count). The average molecular weight is 499 g/mol. The zero-order valence-electron chi connectivity index (χ0n) is 19.6. The Morgan fingerprint density at radius 3 is 2.53 bits per heavy atom. The molecule has 0 bridgehead atoms. The minimum Gasteiger partial charge on any atom is -0.349 e. The topological polar surface area (TPSA) is 52.5 Å². The molecule has 186 valence electrons. The van der Waals surface area contributed by atoms with Crippen LogP contribution < -0.4 is 5.32 Å². The van der Waals surface area contributed by atoms with Crippen LogP contribution in [0.3, 0.4) is 0 Å². The van der Waals surface area contributed by atoms with E-state index in [1.807, 2.05) is 18.4 Å². The summed E-state index contributed by atoms with van der Waals surface area (Å²) < 4.78 is 53.8. The second-order valence-electron chi connectivity index (χ2n) is 9.59. The second kappa shape index (κ2) is 9.55. The third-order valence-electron chi connectivity index (χ3n) is 6.57. The van der Waals surface area contributed by atoms with Crippen molar-refractivity contribution in [3.8, 4) is 11.3 Å². The quantitative estimate of drug-likeness (QED) is 0.522. The van der Waals surface area contributed by atoms with Gasteiger partial charge in [-0.1, -0.05) is 30.9 Å². The Morgan fingerprint density at radius 1 is 1.21 bits per heavy atom. The highest BCUT2D eigenvalue weighted by atomic mass is 35.5.